The maximum Gasteiger partial charge on any atom is 0.156 e. The van der Waals surface area contributed by atoms with Crippen molar-refractivity contribution >= 4 is 11.6 Å². The molecule has 0 aromatic heterocycles. The summed E-state index contributed by atoms with van der Waals surface area (Å²) in [5.41, 5.74) is 1.08. The van der Waals surface area contributed by atoms with Crippen LogP contribution in [-0.4, -0.2) is 11.6 Å². The van der Waals surface area contributed by atoms with Gasteiger partial charge in [-0.15, -0.1) is 0 Å². The molecule has 0 N–H and O–H groups in total. The van der Waals surface area contributed by atoms with Crippen molar-refractivity contribution in [2.24, 2.45) is 0 Å². The molecule has 0 bridgehead atoms. The molecule has 1 aliphatic rings. The molecular formula is C15H22O2. The van der Waals surface area contributed by atoms with Crippen LogP contribution in [0.2, 0.25) is 0 Å². The Labute approximate surface area is 104 Å². The summed E-state index contributed by atoms with van der Waals surface area (Å²) in [5.74, 6) is 0.0820. The molecule has 0 atom stereocenters. The van der Waals surface area contributed by atoms with Crippen LogP contribution in [0.3, 0.4) is 0 Å². The van der Waals surface area contributed by atoms with Crippen LogP contribution < -0.4 is 0 Å². The monoisotopic (exact) mass is 234 g/mol. The van der Waals surface area contributed by atoms with Gasteiger partial charge >= 0.3 is 0 Å². The van der Waals surface area contributed by atoms with Crippen molar-refractivity contribution in [3.63, 3.8) is 0 Å². The summed E-state index contributed by atoms with van der Waals surface area (Å²) in [7, 11) is 0. The lowest BCUT2D eigenvalue weighted by atomic mass is 10.1. The summed E-state index contributed by atoms with van der Waals surface area (Å²) in [6, 6.07) is 0. The number of ketones is 2. The van der Waals surface area contributed by atoms with Crippen molar-refractivity contribution in [2.75, 3.05) is 0 Å². The van der Waals surface area contributed by atoms with Crippen LogP contribution in [0.1, 0.15) is 46.5 Å². The summed E-state index contributed by atoms with van der Waals surface area (Å²) < 4.78 is 0. The average molecular weight is 234 g/mol. The maximum absolute atomic E-state index is 11.3. The molecule has 0 unspecified atom stereocenters. The Morgan fingerprint density at radius 1 is 1.24 bits per heavy atom. The van der Waals surface area contributed by atoms with Crippen LogP contribution in [0, 0.1) is 0 Å². The molecule has 0 saturated heterocycles. The molecule has 1 rings (SSSR count). The highest BCUT2D eigenvalue weighted by Crippen LogP contribution is 2.10. The van der Waals surface area contributed by atoms with Crippen molar-refractivity contribution in [1.29, 1.82) is 0 Å². The predicted octanol–water partition coefficient (Wildman–Crippen LogP) is 3.78. The van der Waals surface area contributed by atoms with Crippen LogP contribution in [-0.2, 0) is 9.59 Å². The van der Waals surface area contributed by atoms with Gasteiger partial charge in [-0.25, -0.2) is 0 Å². The van der Waals surface area contributed by atoms with E-state index in [0.717, 1.165) is 18.4 Å². The third-order valence-electron chi connectivity index (χ3n) is 2.21. The van der Waals surface area contributed by atoms with E-state index >= 15 is 0 Å². The minimum absolute atomic E-state index is 0.0186. The van der Waals surface area contributed by atoms with E-state index in [1.165, 1.54) is 6.92 Å². The number of carbonyl (C=O) groups excluding carboxylic acids is 2. The van der Waals surface area contributed by atoms with E-state index in [0.29, 0.717) is 12.8 Å². The highest BCUT2D eigenvalue weighted by atomic mass is 16.1. The molecule has 0 spiro atoms. The van der Waals surface area contributed by atoms with E-state index in [9.17, 15) is 9.59 Å². The Morgan fingerprint density at radius 2 is 1.94 bits per heavy atom. The Hall–Kier alpha value is -1.44. The highest BCUT2D eigenvalue weighted by Gasteiger charge is 2.00. The number of Topliss-reactive ketones (excluding diaryl/α,β-unsaturated/α-hetero) is 1. The van der Waals surface area contributed by atoms with Crippen molar-refractivity contribution in [3.8, 4) is 0 Å². The van der Waals surface area contributed by atoms with Gasteiger partial charge in [0, 0.05) is 12.8 Å². The van der Waals surface area contributed by atoms with Gasteiger partial charge in [0.05, 0.1) is 0 Å². The average Bonchev–Trinajstić information content (AvgIpc) is 2.37. The minimum atomic E-state index is 0.0186. The van der Waals surface area contributed by atoms with Crippen molar-refractivity contribution in [2.45, 2.75) is 46.5 Å². The smallest absolute Gasteiger partial charge is 0.156 e. The van der Waals surface area contributed by atoms with Gasteiger partial charge in [0.1, 0.15) is 5.78 Å². The quantitative estimate of drug-likeness (QED) is 0.678. The fourth-order valence-corrected chi connectivity index (χ4v) is 1.33. The molecule has 2 heteroatoms. The topological polar surface area (TPSA) is 34.1 Å². The number of hydrogen-bond donors (Lipinski definition) is 0. The van der Waals surface area contributed by atoms with Gasteiger partial charge in [-0.1, -0.05) is 38.2 Å². The molecule has 17 heavy (non-hydrogen) atoms. The van der Waals surface area contributed by atoms with Crippen molar-refractivity contribution in [1.82, 2.24) is 0 Å². The molecule has 0 amide bonds. The zero-order valence-electron chi connectivity index (χ0n) is 11.0. The van der Waals surface area contributed by atoms with Crippen LogP contribution in [0.4, 0.5) is 0 Å². The number of rotatable bonds is 5. The summed E-state index contributed by atoms with van der Waals surface area (Å²) >= 11 is 0. The Morgan fingerprint density at radius 3 is 2.47 bits per heavy atom. The number of allylic oxidation sites excluding steroid dienone is 6. The molecule has 0 aromatic rings. The summed E-state index contributed by atoms with van der Waals surface area (Å²) in [6.45, 7) is 5.50. The van der Waals surface area contributed by atoms with Gasteiger partial charge in [-0.2, -0.15) is 0 Å². The van der Waals surface area contributed by atoms with E-state index in [1.807, 2.05) is 26.0 Å². The van der Waals surface area contributed by atoms with E-state index in [4.69, 9.17) is 0 Å². The van der Waals surface area contributed by atoms with Gasteiger partial charge < -0.3 is 4.79 Å². The van der Waals surface area contributed by atoms with Crippen LogP contribution in [0.15, 0.2) is 36.0 Å². The van der Waals surface area contributed by atoms with Crippen LogP contribution >= 0.6 is 0 Å². The standard InChI is InChI=1S/C13H16O2.C2H6/c1-11(14)7-9-13(15)10-8-12-5-3-2-4-6-12;1-2/h3,5-6,8,10H,2,4,7,9H2,1H3;1-2H3/b10-8+;. The van der Waals surface area contributed by atoms with Crippen LogP contribution in [0.25, 0.3) is 0 Å². The van der Waals surface area contributed by atoms with Gasteiger partial charge in [0.25, 0.3) is 0 Å². The lowest BCUT2D eigenvalue weighted by molar-refractivity contribution is -0.120. The molecule has 0 aliphatic heterocycles. The maximum atomic E-state index is 11.3. The zero-order valence-corrected chi connectivity index (χ0v) is 11.0. The first-order valence-corrected chi connectivity index (χ1v) is 6.25. The molecular weight excluding hydrogens is 212 g/mol. The van der Waals surface area contributed by atoms with Gasteiger partial charge in [-0.05, 0) is 31.4 Å². The van der Waals surface area contributed by atoms with E-state index in [2.05, 4.69) is 12.2 Å². The zero-order chi connectivity index (χ0) is 13.1. The normalized spacial score (nSPS) is 13.9. The fourth-order valence-electron chi connectivity index (χ4n) is 1.33. The van der Waals surface area contributed by atoms with Crippen LogP contribution in [0.5, 0.6) is 0 Å². The third-order valence-corrected chi connectivity index (χ3v) is 2.21. The SMILES string of the molecule is CC.CC(=O)CCC(=O)/C=C/C1=CCCC=C1. The van der Waals surface area contributed by atoms with E-state index < -0.39 is 0 Å². The Balaban J connectivity index is 0.00000121. The summed E-state index contributed by atoms with van der Waals surface area (Å²) in [4.78, 5) is 22.0. The van der Waals surface area contributed by atoms with E-state index in [1.54, 1.807) is 6.08 Å². The second kappa shape index (κ2) is 9.76. The van der Waals surface area contributed by atoms with Crippen molar-refractivity contribution in [3.05, 3.63) is 36.0 Å². The third kappa shape index (κ3) is 8.38. The summed E-state index contributed by atoms with van der Waals surface area (Å²) in [6.07, 6.45) is 12.4. The van der Waals surface area contributed by atoms with Gasteiger partial charge in [0.2, 0.25) is 0 Å². The van der Waals surface area contributed by atoms with E-state index in [-0.39, 0.29) is 11.6 Å². The Bertz CT molecular complexity index is 333. The first-order valence-electron chi connectivity index (χ1n) is 6.25. The Kier molecular flexibility index (Phi) is 8.94. The lowest BCUT2D eigenvalue weighted by Crippen LogP contribution is -1.97. The molecule has 0 radical (unpaired) electrons. The predicted molar refractivity (Wildman–Crippen MR) is 71.9 cm³/mol. The highest BCUT2D eigenvalue weighted by molar-refractivity contribution is 5.92. The molecule has 0 aromatic carbocycles. The van der Waals surface area contributed by atoms with Gasteiger partial charge in [0.15, 0.2) is 5.78 Å². The first-order chi connectivity index (χ1) is 8.18. The van der Waals surface area contributed by atoms with Gasteiger partial charge in [-0.3, -0.25) is 4.79 Å². The molecule has 0 fully saturated rings. The first kappa shape index (κ1) is 15.6. The summed E-state index contributed by atoms with van der Waals surface area (Å²) in [5, 5.41) is 0. The molecule has 94 valence electrons. The minimum Gasteiger partial charge on any atom is -0.300 e. The lowest BCUT2D eigenvalue weighted by Gasteiger charge is -2.00. The number of hydrogen-bond acceptors (Lipinski definition) is 2. The number of carbonyl (C=O) groups is 2. The molecule has 0 saturated carbocycles. The second-order valence-electron chi connectivity index (χ2n) is 3.69. The van der Waals surface area contributed by atoms with Crippen molar-refractivity contribution < 1.29 is 9.59 Å². The largest absolute Gasteiger partial charge is 0.300 e. The molecule has 2 nitrogen and oxygen atoms in total. The fraction of sp³-hybridized carbons (Fsp3) is 0.467. The second-order valence-corrected chi connectivity index (χ2v) is 3.69. The molecule has 1 aliphatic carbocycles. The molecule has 0 heterocycles.